The third-order valence-corrected chi connectivity index (χ3v) is 2.60. The molecule has 0 radical (unpaired) electrons. The van der Waals surface area contributed by atoms with Crippen molar-refractivity contribution in [3.8, 4) is 0 Å². The SMILES string of the molecule is O=C(N/N=C/c1ccc([N+](=O)[O-])cc1)C(=O)Nc1ccccn1. The summed E-state index contributed by atoms with van der Waals surface area (Å²) in [5.74, 6) is -1.63. The quantitative estimate of drug-likeness (QED) is 0.378. The highest BCUT2D eigenvalue weighted by Crippen LogP contribution is 2.10. The van der Waals surface area contributed by atoms with Gasteiger partial charge in [-0.2, -0.15) is 5.10 Å². The summed E-state index contributed by atoms with van der Waals surface area (Å²) < 4.78 is 0. The van der Waals surface area contributed by atoms with Gasteiger partial charge in [0, 0.05) is 18.3 Å². The molecule has 0 aliphatic heterocycles. The summed E-state index contributed by atoms with van der Waals surface area (Å²) in [5, 5.41) is 16.4. The Labute approximate surface area is 130 Å². The van der Waals surface area contributed by atoms with Crippen LogP contribution >= 0.6 is 0 Å². The third-order valence-electron chi connectivity index (χ3n) is 2.60. The molecule has 0 aliphatic carbocycles. The molecule has 0 aliphatic rings. The van der Waals surface area contributed by atoms with Crippen LogP contribution in [0.3, 0.4) is 0 Å². The van der Waals surface area contributed by atoms with Gasteiger partial charge in [0.15, 0.2) is 0 Å². The van der Waals surface area contributed by atoms with Gasteiger partial charge in [-0.1, -0.05) is 6.07 Å². The molecule has 2 amide bonds. The van der Waals surface area contributed by atoms with Crippen LogP contribution in [0.2, 0.25) is 0 Å². The minimum atomic E-state index is -0.964. The number of aromatic nitrogens is 1. The predicted molar refractivity (Wildman–Crippen MR) is 81.7 cm³/mol. The summed E-state index contributed by atoms with van der Waals surface area (Å²) in [6, 6.07) is 10.4. The standard InChI is InChI=1S/C14H11N5O4/c20-13(17-12-3-1-2-8-15-12)14(21)18-16-9-10-4-6-11(7-5-10)19(22)23/h1-9H,(H,18,21)(H,15,17,20)/b16-9+. The van der Waals surface area contributed by atoms with Gasteiger partial charge >= 0.3 is 11.8 Å². The second-order valence-electron chi connectivity index (χ2n) is 4.22. The van der Waals surface area contributed by atoms with Crippen molar-refractivity contribution in [2.24, 2.45) is 5.10 Å². The van der Waals surface area contributed by atoms with Gasteiger partial charge < -0.3 is 5.32 Å². The lowest BCUT2D eigenvalue weighted by Crippen LogP contribution is -2.32. The van der Waals surface area contributed by atoms with Crippen molar-refractivity contribution in [2.75, 3.05) is 5.32 Å². The number of hydrazone groups is 1. The Balaban J connectivity index is 1.88. The van der Waals surface area contributed by atoms with E-state index < -0.39 is 16.7 Å². The molecule has 9 nitrogen and oxygen atoms in total. The van der Waals surface area contributed by atoms with Gasteiger partial charge in [0.25, 0.3) is 5.69 Å². The number of nitro benzene ring substituents is 1. The van der Waals surface area contributed by atoms with Gasteiger partial charge in [0.1, 0.15) is 5.82 Å². The number of amides is 2. The molecule has 2 aromatic rings. The number of benzene rings is 1. The van der Waals surface area contributed by atoms with E-state index in [1.807, 2.05) is 5.43 Å². The van der Waals surface area contributed by atoms with Crippen LogP contribution in [-0.4, -0.2) is 27.9 Å². The highest BCUT2D eigenvalue weighted by molar-refractivity contribution is 6.39. The first kappa shape index (κ1) is 15.8. The molecule has 0 saturated carbocycles. The smallest absolute Gasteiger partial charge is 0.302 e. The first-order valence-electron chi connectivity index (χ1n) is 6.36. The molecule has 1 heterocycles. The zero-order valence-corrected chi connectivity index (χ0v) is 11.7. The Morgan fingerprint density at radius 3 is 2.48 bits per heavy atom. The Morgan fingerprint density at radius 1 is 1.13 bits per heavy atom. The van der Waals surface area contributed by atoms with Gasteiger partial charge in [0.2, 0.25) is 0 Å². The maximum atomic E-state index is 11.6. The first-order valence-corrected chi connectivity index (χ1v) is 6.36. The molecular formula is C14H11N5O4. The van der Waals surface area contributed by atoms with Crippen molar-refractivity contribution in [1.29, 1.82) is 0 Å². The average Bonchev–Trinajstić information content (AvgIpc) is 2.56. The van der Waals surface area contributed by atoms with E-state index in [9.17, 15) is 19.7 Å². The number of carbonyl (C=O) groups is 2. The van der Waals surface area contributed by atoms with Crippen LogP contribution in [0.5, 0.6) is 0 Å². The Kier molecular flexibility index (Phi) is 5.08. The van der Waals surface area contributed by atoms with E-state index in [1.165, 1.54) is 42.7 Å². The van der Waals surface area contributed by atoms with Crippen LogP contribution in [0, 0.1) is 10.1 Å². The Bertz CT molecular complexity index is 744. The summed E-state index contributed by atoms with van der Waals surface area (Å²) in [5.41, 5.74) is 2.52. The van der Waals surface area contributed by atoms with Crippen LogP contribution in [0.15, 0.2) is 53.8 Å². The van der Waals surface area contributed by atoms with E-state index >= 15 is 0 Å². The molecule has 0 spiro atoms. The first-order chi connectivity index (χ1) is 11.1. The van der Waals surface area contributed by atoms with E-state index in [1.54, 1.807) is 12.1 Å². The normalized spacial score (nSPS) is 10.3. The lowest BCUT2D eigenvalue weighted by molar-refractivity contribution is -0.384. The molecule has 0 unspecified atom stereocenters. The topological polar surface area (TPSA) is 127 Å². The number of hydrogen-bond donors (Lipinski definition) is 2. The van der Waals surface area contributed by atoms with Gasteiger partial charge in [-0.15, -0.1) is 0 Å². The Hall–Kier alpha value is -3.62. The third kappa shape index (κ3) is 4.70. The second kappa shape index (κ2) is 7.41. The molecule has 116 valence electrons. The maximum Gasteiger partial charge on any atom is 0.329 e. The largest absolute Gasteiger partial charge is 0.329 e. The lowest BCUT2D eigenvalue weighted by atomic mass is 10.2. The van der Waals surface area contributed by atoms with Crippen molar-refractivity contribution in [3.05, 3.63) is 64.3 Å². The van der Waals surface area contributed by atoms with Crippen molar-refractivity contribution in [3.63, 3.8) is 0 Å². The van der Waals surface area contributed by atoms with Gasteiger partial charge in [0.05, 0.1) is 11.1 Å². The zero-order chi connectivity index (χ0) is 16.7. The fraction of sp³-hybridized carbons (Fsp3) is 0. The van der Waals surface area contributed by atoms with E-state index in [2.05, 4.69) is 15.4 Å². The number of rotatable bonds is 4. The number of anilines is 1. The highest BCUT2D eigenvalue weighted by atomic mass is 16.6. The molecule has 0 fully saturated rings. The van der Waals surface area contributed by atoms with Crippen molar-refractivity contribution in [1.82, 2.24) is 10.4 Å². The fourth-order valence-electron chi connectivity index (χ4n) is 1.51. The minimum absolute atomic E-state index is 0.0547. The molecule has 0 bridgehead atoms. The predicted octanol–water partition coefficient (Wildman–Crippen LogP) is 1.08. The molecular weight excluding hydrogens is 302 g/mol. The van der Waals surface area contributed by atoms with Crippen LogP contribution in [-0.2, 0) is 9.59 Å². The highest BCUT2D eigenvalue weighted by Gasteiger charge is 2.13. The van der Waals surface area contributed by atoms with E-state index in [4.69, 9.17) is 0 Å². The molecule has 0 atom stereocenters. The number of pyridine rings is 1. The number of nitro groups is 1. The summed E-state index contributed by atoms with van der Waals surface area (Å²) in [7, 11) is 0. The van der Waals surface area contributed by atoms with Crippen LogP contribution in [0.4, 0.5) is 11.5 Å². The van der Waals surface area contributed by atoms with Crippen molar-refractivity contribution < 1.29 is 14.5 Å². The van der Waals surface area contributed by atoms with Crippen LogP contribution in [0.25, 0.3) is 0 Å². The zero-order valence-electron chi connectivity index (χ0n) is 11.7. The van der Waals surface area contributed by atoms with Gasteiger partial charge in [-0.25, -0.2) is 10.4 Å². The number of non-ortho nitro benzene ring substituents is 1. The van der Waals surface area contributed by atoms with Gasteiger partial charge in [-0.05, 0) is 29.8 Å². The molecule has 0 saturated heterocycles. The fourth-order valence-corrected chi connectivity index (χ4v) is 1.51. The number of nitrogens with zero attached hydrogens (tertiary/aromatic N) is 3. The second-order valence-corrected chi connectivity index (χ2v) is 4.22. The molecule has 1 aromatic heterocycles. The Morgan fingerprint density at radius 2 is 1.87 bits per heavy atom. The monoisotopic (exact) mass is 313 g/mol. The van der Waals surface area contributed by atoms with E-state index in [0.29, 0.717) is 5.56 Å². The summed E-state index contributed by atoms with van der Waals surface area (Å²) >= 11 is 0. The summed E-state index contributed by atoms with van der Waals surface area (Å²) in [4.78, 5) is 36.9. The number of hydrogen-bond acceptors (Lipinski definition) is 6. The van der Waals surface area contributed by atoms with Gasteiger partial charge in [-0.3, -0.25) is 19.7 Å². The maximum absolute atomic E-state index is 11.6. The minimum Gasteiger partial charge on any atom is -0.302 e. The molecule has 2 N–H and O–H groups in total. The molecule has 2 rings (SSSR count). The van der Waals surface area contributed by atoms with E-state index in [0.717, 1.165) is 0 Å². The van der Waals surface area contributed by atoms with Crippen molar-refractivity contribution in [2.45, 2.75) is 0 Å². The molecule has 1 aromatic carbocycles. The van der Waals surface area contributed by atoms with E-state index in [-0.39, 0.29) is 11.5 Å². The number of nitrogens with one attached hydrogen (secondary N) is 2. The van der Waals surface area contributed by atoms with Crippen LogP contribution < -0.4 is 10.7 Å². The summed E-state index contributed by atoms with van der Waals surface area (Å²) in [6.45, 7) is 0. The molecule has 23 heavy (non-hydrogen) atoms. The average molecular weight is 313 g/mol. The van der Waals surface area contributed by atoms with Crippen molar-refractivity contribution >= 4 is 29.5 Å². The molecule has 9 heteroatoms. The number of carbonyl (C=O) groups excluding carboxylic acids is 2. The lowest BCUT2D eigenvalue weighted by Gasteiger charge is -2.02. The summed E-state index contributed by atoms with van der Waals surface area (Å²) in [6.07, 6.45) is 2.73. The van der Waals surface area contributed by atoms with Crippen LogP contribution in [0.1, 0.15) is 5.56 Å².